The first-order valence-electron chi connectivity index (χ1n) is 5.54. The van der Waals surface area contributed by atoms with Gasteiger partial charge in [0.25, 0.3) is 0 Å². The third-order valence-corrected chi connectivity index (χ3v) is 2.53. The van der Waals surface area contributed by atoms with Crippen molar-refractivity contribution in [1.29, 1.82) is 0 Å². The summed E-state index contributed by atoms with van der Waals surface area (Å²) >= 11 is 0. The standard InChI is InChI=1S/C14H10F3NO/c15-9-1-4-11(5-2-9)18-8-14(19)12-7-10(16)3-6-13(12)17/h1-7,18H,8H2. The van der Waals surface area contributed by atoms with Crippen molar-refractivity contribution in [3.8, 4) is 0 Å². The Labute approximate surface area is 107 Å². The Morgan fingerprint density at radius 3 is 2.26 bits per heavy atom. The predicted octanol–water partition coefficient (Wildman–Crippen LogP) is 3.40. The van der Waals surface area contributed by atoms with Crippen molar-refractivity contribution in [2.45, 2.75) is 0 Å². The van der Waals surface area contributed by atoms with Crippen molar-refractivity contribution in [2.75, 3.05) is 11.9 Å². The Kier molecular flexibility index (Phi) is 3.85. The molecular formula is C14H10F3NO. The van der Waals surface area contributed by atoms with Gasteiger partial charge in [0.05, 0.1) is 12.1 Å². The first-order chi connectivity index (χ1) is 9.06. The first-order valence-corrected chi connectivity index (χ1v) is 5.54. The van der Waals surface area contributed by atoms with Gasteiger partial charge in [0.15, 0.2) is 5.78 Å². The second-order valence-corrected chi connectivity index (χ2v) is 3.91. The zero-order chi connectivity index (χ0) is 13.8. The van der Waals surface area contributed by atoms with Crippen LogP contribution in [0.15, 0.2) is 42.5 Å². The van der Waals surface area contributed by atoms with Crippen molar-refractivity contribution in [3.63, 3.8) is 0 Å². The average molecular weight is 265 g/mol. The van der Waals surface area contributed by atoms with Crippen molar-refractivity contribution >= 4 is 11.5 Å². The molecule has 2 aromatic rings. The van der Waals surface area contributed by atoms with E-state index in [2.05, 4.69) is 5.32 Å². The molecule has 0 saturated carbocycles. The van der Waals surface area contributed by atoms with Gasteiger partial charge in [-0.1, -0.05) is 0 Å². The fourth-order valence-corrected chi connectivity index (χ4v) is 1.56. The third kappa shape index (κ3) is 3.34. The topological polar surface area (TPSA) is 29.1 Å². The van der Waals surface area contributed by atoms with E-state index in [4.69, 9.17) is 0 Å². The molecule has 0 unspecified atom stereocenters. The van der Waals surface area contributed by atoms with Crippen molar-refractivity contribution < 1.29 is 18.0 Å². The highest BCUT2D eigenvalue weighted by Gasteiger charge is 2.12. The minimum atomic E-state index is -0.771. The Morgan fingerprint density at radius 1 is 0.947 bits per heavy atom. The molecular weight excluding hydrogens is 255 g/mol. The van der Waals surface area contributed by atoms with Crippen LogP contribution in [0.3, 0.4) is 0 Å². The normalized spacial score (nSPS) is 10.3. The van der Waals surface area contributed by atoms with E-state index in [0.29, 0.717) is 5.69 Å². The number of anilines is 1. The highest BCUT2D eigenvalue weighted by Crippen LogP contribution is 2.12. The molecule has 19 heavy (non-hydrogen) atoms. The summed E-state index contributed by atoms with van der Waals surface area (Å²) in [7, 11) is 0. The minimum absolute atomic E-state index is 0.202. The highest BCUT2D eigenvalue weighted by molar-refractivity contribution is 5.99. The number of carbonyl (C=O) groups is 1. The number of hydrogen-bond acceptors (Lipinski definition) is 2. The summed E-state index contributed by atoms with van der Waals surface area (Å²) in [5, 5.41) is 2.71. The van der Waals surface area contributed by atoms with E-state index >= 15 is 0 Å². The molecule has 0 amide bonds. The largest absolute Gasteiger partial charge is 0.378 e. The smallest absolute Gasteiger partial charge is 0.184 e. The Morgan fingerprint density at radius 2 is 1.58 bits per heavy atom. The van der Waals surface area contributed by atoms with Crippen LogP contribution in [0.4, 0.5) is 18.9 Å². The lowest BCUT2D eigenvalue weighted by atomic mass is 10.1. The Balaban J connectivity index is 2.05. The quantitative estimate of drug-likeness (QED) is 0.858. The zero-order valence-corrected chi connectivity index (χ0v) is 9.79. The fraction of sp³-hybridized carbons (Fsp3) is 0.0714. The molecule has 0 aliphatic carbocycles. The summed E-state index contributed by atoms with van der Waals surface area (Å²) in [6.07, 6.45) is 0. The molecule has 2 aromatic carbocycles. The molecule has 0 aliphatic heterocycles. The molecule has 2 rings (SSSR count). The van der Waals surface area contributed by atoms with Gasteiger partial charge in [0.1, 0.15) is 17.5 Å². The zero-order valence-electron chi connectivity index (χ0n) is 9.79. The van der Waals surface area contributed by atoms with E-state index in [-0.39, 0.29) is 12.1 Å². The van der Waals surface area contributed by atoms with Crippen LogP contribution in [-0.4, -0.2) is 12.3 Å². The second-order valence-electron chi connectivity index (χ2n) is 3.91. The molecule has 1 N–H and O–H groups in total. The molecule has 0 atom stereocenters. The lowest BCUT2D eigenvalue weighted by Gasteiger charge is -2.06. The van der Waals surface area contributed by atoms with Gasteiger partial charge >= 0.3 is 0 Å². The maximum absolute atomic E-state index is 13.3. The van der Waals surface area contributed by atoms with Gasteiger partial charge in [-0.3, -0.25) is 4.79 Å². The number of benzene rings is 2. The van der Waals surface area contributed by atoms with Gasteiger partial charge in [-0.05, 0) is 42.5 Å². The minimum Gasteiger partial charge on any atom is -0.378 e. The molecule has 0 spiro atoms. The SMILES string of the molecule is O=C(CNc1ccc(F)cc1)c1cc(F)ccc1F. The molecule has 0 bridgehead atoms. The van der Waals surface area contributed by atoms with Gasteiger partial charge in [0.2, 0.25) is 0 Å². The van der Waals surface area contributed by atoms with Crippen LogP contribution in [-0.2, 0) is 0 Å². The summed E-state index contributed by atoms with van der Waals surface area (Å²) < 4.78 is 38.9. The summed E-state index contributed by atoms with van der Waals surface area (Å²) in [5.41, 5.74) is 0.209. The van der Waals surface area contributed by atoms with Crippen molar-refractivity contribution in [1.82, 2.24) is 0 Å². The number of halogens is 3. The summed E-state index contributed by atoms with van der Waals surface area (Å²) in [4.78, 5) is 11.7. The van der Waals surface area contributed by atoms with Gasteiger partial charge in [-0.15, -0.1) is 0 Å². The average Bonchev–Trinajstić information content (AvgIpc) is 2.40. The number of hydrogen-bond donors (Lipinski definition) is 1. The van der Waals surface area contributed by atoms with Crippen molar-refractivity contribution in [3.05, 3.63) is 65.5 Å². The van der Waals surface area contributed by atoms with E-state index in [1.807, 2.05) is 0 Å². The molecule has 0 aromatic heterocycles. The Hall–Kier alpha value is -2.30. The molecule has 0 saturated heterocycles. The maximum Gasteiger partial charge on any atom is 0.184 e. The molecule has 98 valence electrons. The van der Waals surface area contributed by atoms with Crippen molar-refractivity contribution in [2.24, 2.45) is 0 Å². The van der Waals surface area contributed by atoms with E-state index in [1.165, 1.54) is 24.3 Å². The molecule has 0 aliphatic rings. The maximum atomic E-state index is 13.3. The number of Topliss-reactive ketones (excluding diaryl/α,β-unsaturated/α-hetero) is 1. The highest BCUT2D eigenvalue weighted by atomic mass is 19.1. The summed E-state index contributed by atoms with van der Waals surface area (Å²) in [5.74, 6) is -2.42. The lowest BCUT2D eigenvalue weighted by Crippen LogP contribution is -2.15. The van der Waals surface area contributed by atoms with E-state index in [9.17, 15) is 18.0 Å². The molecule has 0 fully saturated rings. The summed E-state index contributed by atoms with van der Waals surface area (Å²) in [6.45, 7) is -0.202. The monoisotopic (exact) mass is 265 g/mol. The van der Waals surface area contributed by atoms with E-state index < -0.39 is 23.2 Å². The molecule has 5 heteroatoms. The lowest BCUT2D eigenvalue weighted by molar-refractivity contribution is 0.100. The van der Waals surface area contributed by atoms with E-state index in [1.54, 1.807) is 0 Å². The van der Waals surface area contributed by atoms with Crippen LogP contribution in [0.2, 0.25) is 0 Å². The van der Waals surface area contributed by atoms with Gasteiger partial charge in [-0.2, -0.15) is 0 Å². The number of nitrogens with one attached hydrogen (secondary N) is 1. The first kappa shape index (κ1) is 13.1. The molecule has 0 heterocycles. The number of rotatable bonds is 4. The number of carbonyl (C=O) groups excluding carboxylic acids is 1. The van der Waals surface area contributed by atoms with Gasteiger partial charge in [-0.25, -0.2) is 13.2 Å². The second kappa shape index (κ2) is 5.56. The summed E-state index contributed by atoms with van der Waals surface area (Å²) in [6, 6.07) is 8.06. The molecule has 0 radical (unpaired) electrons. The van der Waals surface area contributed by atoms with E-state index in [0.717, 1.165) is 18.2 Å². The van der Waals surface area contributed by atoms with Crippen LogP contribution in [0.1, 0.15) is 10.4 Å². The third-order valence-electron chi connectivity index (χ3n) is 2.53. The fourth-order valence-electron chi connectivity index (χ4n) is 1.56. The number of ketones is 1. The van der Waals surface area contributed by atoms with Crippen LogP contribution in [0.25, 0.3) is 0 Å². The Bertz CT molecular complexity index is 596. The van der Waals surface area contributed by atoms with Crippen LogP contribution < -0.4 is 5.32 Å². The molecule has 2 nitrogen and oxygen atoms in total. The van der Waals surface area contributed by atoms with Gasteiger partial charge < -0.3 is 5.32 Å². The van der Waals surface area contributed by atoms with Crippen LogP contribution in [0, 0.1) is 17.5 Å². The predicted molar refractivity (Wildman–Crippen MR) is 65.6 cm³/mol. The van der Waals surface area contributed by atoms with Crippen LogP contribution >= 0.6 is 0 Å². The van der Waals surface area contributed by atoms with Crippen LogP contribution in [0.5, 0.6) is 0 Å². The van der Waals surface area contributed by atoms with Gasteiger partial charge in [0, 0.05) is 5.69 Å².